The summed E-state index contributed by atoms with van der Waals surface area (Å²) in [7, 11) is 3.27. The molecule has 0 aromatic heterocycles. The zero-order valence-corrected chi connectivity index (χ0v) is 19.4. The molecule has 0 saturated carbocycles. The average molecular weight is 460 g/mol. The molecule has 0 radical (unpaired) electrons. The van der Waals surface area contributed by atoms with Crippen LogP contribution in [0, 0.1) is 0 Å². The number of hydrazone groups is 1. The first-order valence-corrected chi connectivity index (χ1v) is 11.2. The van der Waals surface area contributed by atoms with Crippen molar-refractivity contribution in [3.63, 3.8) is 0 Å². The van der Waals surface area contributed by atoms with Crippen molar-refractivity contribution in [1.82, 2.24) is 10.3 Å². The molecular weight excluding hydrogens is 430 g/mol. The van der Waals surface area contributed by atoms with Gasteiger partial charge in [-0.05, 0) is 47.5 Å². The monoisotopic (exact) mass is 459 g/mol. The van der Waals surface area contributed by atoms with E-state index in [0.29, 0.717) is 19.6 Å². The number of amides is 1. The van der Waals surface area contributed by atoms with Crippen LogP contribution in [0.4, 0.5) is 0 Å². The van der Waals surface area contributed by atoms with Gasteiger partial charge in [0.15, 0.2) is 0 Å². The topological polar surface area (TPSA) is 72.4 Å². The first-order valence-electron chi connectivity index (χ1n) is 11.2. The lowest BCUT2D eigenvalue weighted by molar-refractivity contribution is -0.132. The summed E-state index contributed by atoms with van der Waals surface area (Å²) in [5, 5.41) is 9.48. The molecule has 1 atom stereocenters. The Labute approximate surface area is 200 Å². The number of carbonyl (C=O) groups excluding carboxylic acids is 1. The highest BCUT2D eigenvalue weighted by atomic mass is 16.5. The second-order valence-electron chi connectivity index (χ2n) is 7.84. The molecule has 1 aliphatic heterocycles. The van der Waals surface area contributed by atoms with Crippen LogP contribution in [0.25, 0.3) is 0 Å². The number of hydrogen-bond donors (Lipinski definition) is 1. The Morgan fingerprint density at radius 3 is 2.18 bits per heavy atom. The van der Waals surface area contributed by atoms with Gasteiger partial charge in [-0.1, -0.05) is 42.5 Å². The molecule has 0 spiro atoms. The highest BCUT2D eigenvalue weighted by Gasteiger charge is 2.32. The summed E-state index contributed by atoms with van der Waals surface area (Å²) in [6.07, 6.45) is 0.655. The molecule has 1 amide bonds. The number of carbonyl (C=O) groups is 1. The van der Waals surface area contributed by atoms with E-state index in [0.717, 1.165) is 34.1 Å². The van der Waals surface area contributed by atoms with Crippen molar-refractivity contribution in [1.29, 1.82) is 0 Å². The van der Waals surface area contributed by atoms with Gasteiger partial charge in [0.2, 0.25) is 0 Å². The molecule has 0 fully saturated rings. The number of benzene rings is 3. The summed E-state index contributed by atoms with van der Waals surface area (Å²) in [6, 6.07) is 25.0. The maximum Gasteiger partial charge on any atom is 0.257 e. The van der Waals surface area contributed by atoms with Gasteiger partial charge in [-0.3, -0.25) is 4.79 Å². The van der Waals surface area contributed by atoms with Crippen molar-refractivity contribution in [2.24, 2.45) is 5.10 Å². The zero-order chi connectivity index (χ0) is 23.8. The van der Waals surface area contributed by atoms with E-state index in [1.54, 1.807) is 19.2 Å². The van der Waals surface area contributed by atoms with Gasteiger partial charge in [0.05, 0.1) is 32.5 Å². The van der Waals surface area contributed by atoms with E-state index >= 15 is 0 Å². The quantitative estimate of drug-likeness (QED) is 0.463. The Balaban J connectivity index is 1.37. The molecule has 0 saturated heterocycles. The van der Waals surface area contributed by atoms with Crippen LogP contribution in [-0.4, -0.2) is 50.5 Å². The summed E-state index contributed by atoms with van der Waals surface area (Å²) >= 11 is 0. The maximum atomic E-state index is 13.1. The minimum Gasteiger partial charge on any atom is -0.497 e. The number of hydrogen-bond acceptors (Lipinski definition) is 6. The SMILES string of the molecule is COc1ccc(OCCNCC(=O)N2N=C(c3ccccc3)C[C@H]2c2ccc(OC)cc2)cc1. The van der Waals surface area contributed by atoms with Gasteiger partial charge in [-0.15, -0.1) is 0 Å². The summed E-state index contributed by atoms with van der Waals surface area (Å²) < 4.78 is 16.1. The number of ether oxygens (including phenoxy) is 3. The fraction of sp³-hybridized carbons (Fsp3) is 0.259. The number of nitrogens with one attached hydrogen (secondary N) is 1. The lowest BCUT2D eigenvalue weighted by atomic mass is 9.98. The van der Waals surface area contributed by atoms with Crippen LogP contribution in [0.1, 0.15) is 23.6 Å². The van der Waals surface area contributed by atoms with Gasteiger partial charge < -0.3 is 19.5 Å². The van der Waals surface area contributed by atoms with E-state index in [-0.39, 0.29) is 18.5 Å². The molecule has 0 aliphatic carbocycles. The van der Waals surface area contributed by atoms with E-state index in [4.69, 9.17) is 19.3 Å². The molecule has 0 unspecified atom stereocenters. The van der Waals surface area contributed by atoms with E-state index < -0.39 is 0 Å². The van der Waals surface area contributed by atoms with Crippen LogP contribution in [0.5, 0.6) is 17.2 Å². The Bertz CT molecular complexity index is 1100. The molecule has 7 heteroatoms. The van der Waals surface area contributed by atoms with Crippen LogP contribution in [0.3, 0.4) is 0 Å². The van der Waals surface area contributed by atoms with Crippen molar-refractivity contribution < 1.29 is 19.0 Å². The van der Waals surface area contributed by atoms with Gasteiger partial charge in [-0.25, -0.2) is 5.01 Å². The molecule has 3 aromatic carbocycles. The number of rotatable bonds is 10. The minimum atomic E-state index is -0.161. The van der Waals surface area contributed by atoms with Crippen molar-refractivity contribution >= 4 is 11.6 Å². The third-order valence-corrected chi connectivity index (χ3v) is 5.66. The van der Waals surface area contributed by atoms with Crippen molar-refractivity contribution in [2.45, 2.75) is 12.5 Å². The third kappa shape index (κ3) is 5.74. The highest BCUT2D eigenvalue weighted by Crippen LogP contribution is 2.33. The van der Waals surface area contributed by atoms with Crippen molar-refractivity contribution in [3.8, 4) is 17.2 Å². The summed E-state index contributed by atoms with van der Waals surface area (Å²) in [6.45, 7) is 1.15. The van der Waals surface area contributed by atoms with Crippen LogP contribution in [0.2, 0.25) is 0 Å². The molecule has 34 heavy (non-hydrogen) atoms. The molecule has 176 valence electrons. The van der Waals surface area contributed by atoms with Crippen molar-refractivity contribution in [2.75, 3.05) is 33.9 Å². The summed E-state index contributed by atoms with van der Waals surface area (Å²) in [4.78, 5) is 13.1. The van der Waals surface area contributed by atoms with Gasteiger partial charge in [0.25, 0.3) is 5.91 Å². The maximum absolute atomic E-state index is 13.1. The molecule has 3 aromatic rings. The van der Waals surface area contributed by atoms with Gasteiger partial charge >= 0.3 is 0 Å². The summed E-state index contributed by atoms with van der Waals surface area (Å²) in [5.41, 5.74) is 2.95. The Morgan fingerprint density at radius 1 is 0.912 bits per heavy atom. The Kier molecular flexibility index (Phi) is 7.78. The average Bonchev–Trinajstić information content (AvgIpc) is 3.35. The normalized spacial score (nSPS) is 15.1. The third-order valence-electron chi connectivity index (χ3n) is 5.66. The first kappa shape index (κ1) is 23.3. The first-order chi connectivity index (χ1) is 16.7. The molecule has 0 bridgehead atoms. The predicted octanol–water partition coefficient (Wildman–Crippen LogP) is 4.05. The van der Waals surface area contributed by atoms with E-state index in [1.165, 1.54) is 0 Å². The molecular formula is C27H29N3O4. The van der Waals surface area contributed by atoms with E-state index in [1.807, 2.05) is 78.9 Å². The number of methoxy groups -OCH3 is 2. The Hall–Kier alpha value is -3.84. The van der Waals surface area contributed by atoms with Gasteiger partial charge in [-0.2, -0.15) is 5.10 Å². The van der Waals surface area contributed by atoms with Crippen LogP contribution in [-0.2, 0) is 4.79 Å². The number of nitrogens with zero attached hydrogens (tertiary/aromatic N) is 2. The molecule has 1 heterocycles. The van der Waals surface area contributed by atoms with Gasteiger partial charge in [0.1, 0.15) is 23.9 Å². The predicted molar refractivity (Wildman–Crippen MR) is 132 cm³/mol. The van der Waals surface area contributed by atoms with E-state index in [9.17, 15) is 4.79 Å². The van der Waals surface area contributed by atoms with Crippen LogP contribution >= 0.6 is 0 Å². The largest absolute Gasteiger partial charge is 0.497 e. The highest BCUT2D eigenvalue weighted by molar-refractivity contribution is 6.03. The van der Waals surface area contributed by atoms with Crippen molar-refractivity contribution in [3.05, 3.63) is 90.0 Å². The lowest BCUT2D eigenvalue weighted by Gasteiger charge is -2.22. The standard InChI is InChI=1S/C27H29N3O4/c1-32-22-10-8-21(9-11-22)26-18-25(20-6-4-3-5-7-20)29-30(26)27(31)19-28-16-17-34-24-14-12-23(33-2)13-15-24/h3-15,26,28H,16-19H2,1-2H3/t26-/m0/s1. The fourth-order valence-electron chi connectivity index (χ4n) is 3.82. The van der Waals surface area contributed by atoms with E-state index in [2.05, 4.69) is 5.32 Å². The second-order valence-corrected chi connectivity index (χ2v) is 7.84. The second kappa shape index (κ2) is 11.3. The van der Waals surface area contributed by atoms with Crippen LogP contribution in [0.15, 0.2) is 84.0 Å². The zero-order valence-electron chi connectivity index (χ0n) is 19.4. The fourth-order valence-corrected chi connectivity index (χ4v) is 3.82. The summed E-state index contributed by atoms with van der Waals surface area (Å²) in [5.74, 6) is 2.23. The molecule has 1 aliphatic rings. The minimum absolute atomic E-state index is 0.0869. The van der Waals surface area contributed by atoms with Crippen LogP contribution < -0.4 is 19.5 Å². The molecule has 7 nitrogen and oxygen atoms in total. The molecule has 1 N–H and O–H groups in total. The smallest absolute Gasteiger partial charge is 0.257 e. The Morgan fingerprint density at radius 2 is 1.53 bits per heavy atom. The molecule has 4 rings (SSSR count). The van der Waals surface area contributed by atoms with Gasteiger partial charge in [0, 0.05) is 13.0 Å². The lowest BCUT2D eigenvalue weighted by Crippen LogP contribution is -2.36.